The van der Waals surface area contributed by atoms with E-state index < -0.39 is 0 Å². The number of amides is 2. The Balaban J connectivity index is 1.53. The molecule has 4 atom stereocenters. The largest absolute Gasteiger partial charge is 0.333 e. The third-order valence-corrected chi connectivity index (χ3v) is 6.57. The molecule has 0 unspecified atom stereocenters. The maximum absolute atomic E-state index is 12.9. The van der Waals surface area contributed by atoms with Gasteiger partial charge in [0.15, 0.2) is 0 Å². The minimum atomic E-state index is -0.239. The summed E-state index contributed by atoms with van der Waals surface area (Å²) >= 11 is 0. The lowest BCUT2D eigenvalue weighted by Crippen LogP contribution is -2.38. The van der Waals surface area contributed by atoms with Crippen molar-refractivity contribution in [2.24, 2.45) is 28.8 Å². The average Bonchev–Trinajstić information content (AvgIpc) is 3.15. The quantitative estimate of drug-likeness (QED) is 0.360. The van der Waals surface area contributed by atoms with Gasteiger partial charge in [-0.1, -0.05) is 36.3 Å². The van der Waals surface area contributed by atoms with Gasteiger partial charge >= 0.3 is 0 Å². The highest BCUT2D eigenvalue weighted by molar-refractivity contribution is 6.07. The smallest absolute Gasteiger partial charge is 0.254 e. The number of hydrogen-bond acceptors (Lipinski definition) is 3. The van der Waals surface area contributed by atoms with Crippen molar-refractivity contribution in [2.75, 3.05) is 0 Å². The zero-order valence-corrected chi connectivity index (χ0v) is 15.7. The number of allylic oxidation sites excluding steroid dienone is 2. The summed E-state index contributed by atoms with van der Waals surface area (Å²) in [4.78, 5) is 25.9. The van der Waals surface area contributed by atoms with Crippen LogP contribution >= 0.6 is 0 Å². The predicted octanol–water partition coefficient (Wildman–Crippen LogP) is 3.11. The van der Waals surface area contributed by atoms with Gasteiger partial charge in [-0.15, -0.1) is 6.42 Å². The maximum atomic E-state index is 12.9. The van der Waals surface area contributed by atoms with E-state index in [1.807, 2.05) is 35.8 Å². The molecule has 1 aromatic carbocycles. The van der Waals surface area contributed by atoms with Gasteiger partial charge in [0.05, 0.1) is 24.6 Å². The van der Waals surface area contributed by atoms with Crippen LogP contribution in [0.25, 0.3) is 10.9 Å². The van der Waals surface area contributed by atoms with E-state index >= 15 is 0 Å². The molecule has 6 rings (SSSR count). The Morgan fingerprint density at radius 3 is 2.39 bits per heavy atom. The van der Waals surface area contributed by atoms with Crippen LogP contribution < -0.4 is 0 Å². The molecule has 5 nitrogen and oxygen atoms in total. The van der Waals surface area contributed by atoms with E-state index in [-0.39, 0.29) is 35.5 Å². The van der Waals surface area contributed by atoms with Crippen molar-refractivity contribution in [3.05, 3.63) is 47.7 Å². The van der Waals surface area contributed by atoms with Gasteiger partial charge in [0, 0.05) is 22.2 Å². The van der Waals surface area contributed by atoms with Crippen molar-refractivity contribution >= 4 is 28.9 Å². The summed E-state index contributed by atoms with van der Waals surface area (Å²) in [6.07, 6.45) is 13.4. The molecule has 2 fully saturated rings. The first-order chi connectivity index (χ1) is 13.6. The molecule has 28 heavy (non-hydrogen) atoms. The van der Waals surface area contributed by atoms with Crippen LogP contribution in [-0.4, -0.2) is 27.6 Å². The molecule has 140 valence electrons. The zero-order valence-electron chi connectivity index (χ0n) is 15.7. The fourth-order valence-electron chi connectivity index (χ4n) is 5.20. The van der Waals surface area contributed by atoms with E-state index in [0.29, 0.717) is 6.54 Å². The summed E-state index contributed by atoms with van der Waals surface area (Å²) in [5.41, 5.74) is 2.89. The highest BCUT2D eigenvalue weighted by atomic mass is 16.2. The molecular formula is C23H21N3O2. The second kappa shape index (κ2) is 6.20. The topological polar surface area (TPSA) is 54.7 Å². The number of terminal acetylenes is 1. The van der Waals surface area contributed by atoms with Crippen molar-refractivity contribution in [1.82, 2.24) is 9.58 Å². The minimum absolute atomic E-state index is 0.157. The van der Waals surface area contributed by atoms with Crippen molar-refractivity contribution in [2.45, 2.75) is 26.3 Å². The fourth-order valence-corrected chi connectivity index (χ4v) is 5.20. The first-order valence-corrected chi connectivity index (χ1v) is 9.73. The number of imide groups is 1. The minimum Gasteiger partial charge on any atom is -0.333 e. The number of aromatic nitrogens is 1. The summed E-state index contributed by atoms with van der Waals surface area (Å²) in [7, 11) is 0. The molecule has 1 saturated carbocycles. The van der Waals surface area contributed by atoms with Gasteiger partial charge in [-0.05, 0) is 37.7 Å². The maximum Gasteiger partial charge on any atom is 0.254 e. The van der Waals surface area contributed by atoms with E-state index in [1.54, 1.807) is 6.21 Å². The third-order valence-electron chi connectivity index (χ3n) is 6.57. The molecule has 2 amide bonds. The summed E-state index contributed by atoms with van der Waals surface area (Å²) in [6.45, 7) is 2.44. The number of nitrogens with zero attached hydrogens (tertiary/aromatic N) is 3. The number of fused-ring (bicyclic) bond motifs is 2. The first-order valence-electron chi connectivity index (χ1n) is 9.73. The monoisotopic (exact) mass is 371 g/mol. The highest BCUT2D eigenvalue weighted by Gasteiger charge is 2.56. The molecule has 0 radical (unpaired) electrons. The lowest BCUT2D eigenvalue weighted by molar-refractivity contribution is -0.140. The van der Waals surface area contributed by atoms with E-state index in [9.17, 15) is 9.59 Å². The van der Waals surface area contributed by atoms with Gasteiger partial charge in [-0.25, -0.2) is 0 Å². The van der Waals surface area contributed by atoms with Gasteiger partial charge in [-0.2, -0.15) is 10.1 Å². The summed E-state index contributed by atoms with van der Waals surface area (Å²) in [6, 6.07) is 7.95. The number of carbonyl (C=O) groups is 2. The molecule has 1 aliphatic heterocycles. The summed E-state index contributed by atoms with van der Waals surface area (Å²) in [5, 5.41) is 6.50. The SMILES string of the molecule is C#CCn1c(C)c(/C=N\N2C(=O)[C@H]3[C@H](C2=O)[C@H]2C=C[C@H]3CC2)c2ccccc21. The second-order valence-electron chi connectivity index (χ2n) is 7.88. The molecule has 2 bridgehead atoms. The van der Waals surface area contributed by atoms with Gasteiger partial charge in [0.2, 0.25) is 0 Å². The lowest BCUT2D eigenvalue weighted by atomic mass is 9.63. The molecule has 0 N–H and O–H groups in total. The zero-order chi connectivity index (χ0) is 19.4. The highest BCUT2D eigenvalue weighted by Crippen LogP contribution is 2.49. The van der Waals surface area contributed by atoms with Gasteiger partial charge in [0.25, 0.3) is 11.8 Å². The van der Waals surface area contributed by atoms with E-state index in [4.69, 9.17) is 6.42 Å². The number of para-hydroxylation sites is 1. The Kier molecular flexibility index (Phi) is 3.77. The molecule has 0 spiro atoms. The van der Waals surface area contributed by atoms with Crippen molar-refractivity contribution in [1.29, 1.82) is 0 Å². The van der Waals surface area contributed by atoms with Crippen LogP contribution in [0.4, 0.5) is 0 Å². The Bertz CT molecular complexity index is 1070. The van der Waals surface area contributed by atoms with Crippen molar-refractivity contribution in [3.8, 4) is 12.3 Å². The van der Waals surface area contributed by atoms with E-state index in [0.717, 1.165) is 40.0 Å². The van der Waals surface area contributed by atoms with Crippen LogP contribution in [0.3, 0.4) is 0 Å². The molecule has 4 aliphatic rings. The van der Waals surface area contributed by atoms with Gasteiger partial charge < -0.3 is 4.57 Å². The Morgan fingerprint density at radius 2 is 1.79 bits per heavy atom. The van der Waals surface area contributed by atoms with Crippen LogP contribution in [0, 0.1) is 42.9 Å². The van der Waals surface area contributed by atoms with Crippen LogP contribution in [-0.2, 0) is 16.1 Å². The summed E-state index contributed by atoms with van der Waals surface area (Å²) < 4.78 is 2.05. The Hall–Kier alpha value is -3.13. The Morgan fingerprint density at radius 1 is 1.14 bits per heavy atom. The molecule has 1 aromatic heterocycles. The van der Waals surface area contributed by atoms with Crippen LogP contribution in [0.5, 0.6) is 0 Å². The summed E-state index contributed by atoms with van der Waals surface area (Å²) in [5.74, 6) is 2.24. The standard InChI is InChI=1S/C23H21N3O2/c1-3-12-25-14(2)18(17-6-4-5-7-19(17)25)13-24-26-22(27)20-15-8-9-16(11-10-15)21(20)23(26)28/h1,4-9,13,15-16,20-21H,10-12H2,2H3/b24-13-/t15-,16-,20+,21+/m0/s1. The number of carbonyl (C=O) groups excluding carboxylic acids is 2. The number of benzene rings is 1. The number of hydrazone groups is 1. The average molecular weight is 371 g/mol. The Labute approximate surface area is 163 Å². The van der Waals surface area contributed by atoms with Crippen LogP contribution in [0.1, 0.15) is 24.1 Å². The van der Waals surface area contributed by atoms with Gasteiger partial charge in [0.1, 0.15) is 0 Å². The van der Waals surface area contributed by atoms with E-state index in [1.165, 1.54) is 0 Å². The van der Waals surface area contributed by atoms with Crippen molar-refractivity contribution < 1.29 is 9.59 Å². The fraction of sp³-hybridized carbons (Fsp3) is 0.348. The first kappa shape index (κ1) is 17.0. The third kappa shape index (κ3) is 2.24. The molecule has 2 aromatic rings. The number of rotatable bonds is 3. The lowest BCUT2D eigenvalue weighted by Gasteiger charge is -2.37. The van der Waals surface area contributed by atoms with Crippen LogP contribution in [0.15, 0.2) is 41.5 Å². The second-order valence-corrected chi connectivity index (χ2v) is 7.88. The van der Waals surface area contributed by atoms with Crippen LogP contribution in [0.2, 0.25) is 0 Å². The molecule has 5 heteroatoms. The predicted molar refractivity (Wildman–Crippen MR) is 107 cm³/mol. The van der Waals surface area contributed by atoms with E-state index in [2.05, 4.69) is 23.2 Å². The van der Waals surface area contributed by atoms with Crippen molar-refractivity contribution in [3.63, 3.8) is 0 Å². The normalized spacial score (nSPS) is 28.5. The molecule has 1 saturated heterocycles. The number of hydrogen-bond donors (Lipinski definition) is 0. The molecule has 3 aliphatic carbocycles. The molecule has 2 heterocycles. The van der Waals surface area contributed by atoms with Gasteiger partial charge in [-0.3, -0.25) is 9.59 Å². The molecular weight excluding hydrogens is 350 g/mol.